The minimum atomic E-state index is -0.454. The third-order valence-corrected chi connectivity index (χ3v) is 2.70. The van der Waals surface area contributed by atoms with Crippen LogP contribution in [0.4, 0.5) is 0 Å². The molecule has 1 saturated carbocycles. The van der Waals surface area contributed by atoms with Crippen molar-refractivity contribution < 1.29 is 14.3 Å². The van der Waals surface area contributed by atoms with Gasteiger partial charge < -0.3 is 15.2 Å². The Morgan fingerprint density at radius 2 is 2.12 bits per heavy atom. The second-order valence-corrected chi connectivity index (χ2v) is 4.21. The first-order chi connectivity index (χ1) is 8.20. The molecule has 0 saturated heterocycles. The zero-order valence-electron chi connectivity index (χ0n) is 9.94. The topological polar surface area (TPSA) is 61.5 Å². The average Bonchev–Trinajstić information content (AvgIpc) is 3.11. The van der Waals surface area contributed by atoms with Crippen LogP contribution in [0.1, 0.15) is 30.1 Å². The van der Waals surface area contributed by atoms with E-state index < -0.39 is 5.91 Å². The molecule has 1 amide bonds. The number of carbonyl (C=O) groups is 1. The van der Waals surface area contributed by atoms with Crippen molar-refractivity contribution in [3.05, 3.63) is 23.8 Å². The van der Waals surface area contributed by atoms with Crippen LogP contribution in [-0.4, -0.2) is 19.1 Å². The molecule has 0 radical (unpaired) electrons. The van der Waals surface area contributed by atoms with Gasteiger partial charge in [0.15, 0.2) is 11.5 Å². The van der Waals surface area contributed by atoms with Gasteiger partial charge in [0.25, 0.3) is 0 Å². The lowest BCUT2D eigenvalue weighted by atomic mass is 10.2. The van der Waals surface area contributed by atoms with Crippen molar-refractivity contribution in [3.8, 4) is 11.5 Å². The summed E-state index contributed by atoms with van der Waals surface area (Å²) in [5.41, 5.74) is 5.68. The Hall–Kier alpha value is -1.71. The largest absolute Gasteiger partial charge is 0.490 e. The van der Waals surface area contributed by atoms with Gasteiger partial charge in [-0.25, -0.2) is 0 Å². The standard InChI is InChI=1S/C13H17NO3/c1-2-16-11-6-5-10(13(14)15)7-12(11)17-8-9-3-4-9/h5-7,9H,2-4,8H2,1H3,(H2,14,15). The van der Waals surface area contributed by atoms with Crippen molar-refractivity contribution in [2.75, 3.05) is 13.2 Å². The van der Waals surface area contributed by atoms with Crippen LogP contribution < -0.4 is 15.2 Å². The zero-order chi connectivity index (χ0) is 12.3. The van der Waals surface area contributed by atoms with E-state index in [4.69, 9.17) is 15.2 Å². The van der Waals surface area contributed by atoms with E-state index in [9.17, 15) is 4.79 Å². The maximum Gasteiger partial charge on any atom is 0.248 e. The van der Waals surface area contributed by atoms with Gasteiger partial charge in [0.05, 0.1) is 13.2 Å². The van der Waals surface area contributed by atoms with Gasteiger partial charge in [-0.15, -0.1) is 0 Å². The summed E-state index contributed by atoms with van der Waals surface area (Å²) in [4.78, 5) is 11.1. The van der Waals surface area contributed by atoms with E-state index in [0.717, 1.165) is 0 Å². The lowest BCUT2D eigenvalue weighted by Gasteiger charge is -2.12. The van der Waals surface area contributed by atoms with Gasteiger partial charge in [-0.05, 0) is 43.9 Å². The third kappa shape index (κ3) is 3.12. The van der Waals surface area contributed by atoms with E-state index in [1.54, 1.807) is 18.2 Å². The Labute approximate surface area is 101 Å². The van der Waals surface area contributed by atoms with Gasteiger partial charge in [0, 0.05) is 5.56 Å². The number of primary amides is 1. The highest BCUT2D eigenvalue weighted by molar-refractivity contribution is 5.93. The number of ether oxygens (including phenoxy) is 2. The summed E-state index contributed by atoms with van der Waals surface area (Å²) < 4.78 is 11.1. The summed E-state index contributed by atoms with van der Waals surface area (Å²) in [6.45, 7) is 3.16. The predicted molar refractivity (Wildman–Crippen MR) is 64.3 cm³/mol. The molecule has 17 heavy (non-hydrogen) atoms. The highest BCUT2D eigenvalue weighted by Gasteiger charge is 2.22. The molecule has 4 heteroatoms. The number of carbonyl (C=O) groups excluding carboxylic acids is 1. The minimum absolute atomic E-state index is 0.444. The van der Waals surface area contributed by atoms with Crippen LogP contribution in [0.3, 0.4) is 0 Å². The smallest absolute Gasteiger partial charge is 0.248 e. The van der Waals surface area contributed by atoms with Gasteiger partial charge in [-0.1, -0.05) is 0 Å². The fourth-order valence-corrected chi connectivity index (χ4v) is 1.54. The number of hydrogen-bond donors (Lipinski definition) is 1. The third-order valence-electron chi connectivity index (χ3n) is 2.70. The molecule has 0 unspecified atom stereocenters. The van der Waals surface area contributed by atoms with E-state index in [1.165, 1.54) is 12.8 Å². The minimum Gasteiger partial charge on any atom is -0.490 e. The Bertz CT molecular complexity index is 413. The number of nitrogens with two attached hydrogens (primary N) is 1. The van der Waals surface area contributed by atoms with Crippen molar-refractivity contribution in [1.29, 1.82) is 0 Å². The van der Waals surface area contributed by atoms with Gasteiger partial charge in [0.1, 0.15) is 0 Å². The van der Waals surface area contributed by atoms with E-state index in [0.29, 0.717) is 36.2 Å². The van der Waals surface area contributed by atoms with E-state index in [-0.39, 0.29) is 0 Å². The summed E-state index contributed by atoms with van der Waals surface area (Å²) in [6, 6.07) is 5.03. The molecule has 0 aromatic heterocycles. The number of benzene rings is 1. The van der Waals surface area contributed by atoms with Crippen LogP contribution in [0.5, 0.6) is 11.5 Å². The molecule has 0 bridgehead atoms. The molecule has 0 spiro atoms. The van der Waals surface area contributed by atoms with E-state index >= 15 is 0 Å². The van der Waals surface area contributed by atoms with E-state index in [2.05, 4.69) is 0 Å². The lowest BCUT2D eigenvalue weighted by Crippen LogP contribution is -2.11. The van der Waals surface area contributed by atoms with Gasteiger partial charge in [-0.3, -0.25) is 4.79 Å². The summed E-state index contributed by atoms with van der Waals surface area (Å²) in [5.74, 6) is 1.47. The van der Waals surface area contributed by atoms with Crippen molar-refractivity contribution in [2.45, 2.75) is 19.8 Å². The van der Waals surface area contributed by atoms with Crippen LogP contribution in [-0.2, 0) is 0 Å². The van der Waals surface area contributed by atoms with Crippen LogP contribution in [0.2, 0.25) is 0 Å². The Kier molecular flexibility index (Phi) is 3.52. The molecule has 1 fully saturated rings. The first-order valence-corrected chi connectivity index (χ1v) is 5.90. The van der Waals surface area contributed by atoms with Gasteiger partial charge >= 0.3 is 0 Å². The zero-order valence-corrected chi connectivity index (χ0v) is 9.94. The van der Waals surface area contributed by atoms with Crippen molar-refractivity contribution in [2.24, 2.45) is 11.7 Å². The molecule has 0 aliphatic heterocycles. The van der Waals surface area contributed by atoms with E-state index in [1.807, 2.05) is 6.92 Å². The van der Waals surface area contributed by atoms with Crippen LogP contribution in [0.25, 0.3) is 0 Å². The predicted octanol–water partition coefficient (Wildman–Crippen LogP) is 1.97. The number of rotatable bonds is 6. The molecule has 4 nitrogen and oxygen atoms in total. The fourth-order valence-electron chi connectivity index (χ4n) is 1.54. The maximum atomic E-state index is 11.1. The van der Waals surface area contributed by atoms with Crippen molar-refractivity contribution >= 4 is 5.91 Å². The van der Waals surface area contributed by atoms with Crippen LogP contribution in [0.15, 0.2) is 18.2 Å². The van der Waals surface area contributed by atoms with Gasteiger partial charge in [0.2, 0.25) is 5.91 Å². The molecule has 1 aliphatic carbocycles. The summed E-state index contributed by atoms with van der Waals surface area (Å²) in [6.07, 6.45) is 2.44. The average molecular weight is 235 g/mol. The Balaban J connectivity index is 2.15. The monoisotopic (exact) mass is 235 g/mol. The lowest BCUT2D eigenvalue weighted by molar-refractivity contribution is 0.0999. The Morgan fingerprint density at radius 1 is 1.35 bits per heavy atom. The molecule has 0 heterocycles. The molecule has 2 rings (SSSR count). The molecular weight excluding hydrogens is 218 g/mol. The summed E-state index contributed by atoms with van der Waals surface area (Å²) >= 11 is 0. The second-order valence-electron chi connectivity index (χ2n) is 4.21. The van der Waals surface area contributed by atoms with Gasteiger partial charge in [-0.2, -0.15) is 0 Å². The quantitative estimate of drug-likeness (QED) is 0.820. The first-order valence-electron chi connectivity index (χ1n) is 5.90. The number of hydrogen-bond acceptors (Lipinski definition) is 3. The van der Waals surface area contributed by atoms with Crippen LogP contribution >= 0.6 is 0 Å². The number of amides is 1. The molecule has 92 valence electrons. The summed E-state index contributed by atoms with van der Waals surface area (Å²) in [5, 5.41) is 0. The molecule has 1 aliphatic rings. The van der Waals surface area contributed by atoms with Crippen molar-refractivity contribution in [1.82, 2.24) is 0 Å². The molecular formula is C13H17NO3. The van der Waals surface area contributed by atoms with Crippen molar-refractivity contribution in [3.63, 3.8) is 0 Å². The molecule has 1 aromatic carbocycles. The second kappa shape index (κ2) is 5.08. The van der Waals surface area contributed by atoms with Crippen LogP contribution in [0, 0.1) is 5.92 Å². The fraction of sp³-hybridized carbons (Fsp3) is 0.462. The summed E-state index contributed by atoms with van der Waals surface area (Å²) in [7, 11) is 0. The first kappa shape index (κ1) is 11.8. The SMILES string of the molecule is CCOc1ccc(C(N)=O)cc1OCC1CC1. The normalized spacial score (nSPS) is 14.4. The Morgan fingerprint density at radius 3 is 2.71 bits per heavy atom. The molecule has 1 aromatic rings. The molecule has 0 atom stereocenters. The molecule has 2 N–H and O–H groups in total. The highest BCUT2D eigenvalue weighted by atomic mass is 16.5. The highest BCUT2D eigenvalue weighted by Crippen LogP contribution is 2.33. The maximum absolute atomic E-state index is 11.1.